The van der Waals surface area contributed by atoms with Crippen LogP contribution >= 0.6 is 12.4 Å². The van der Waals surface area contributed by atoms with Crippen LogP contribution in [0.1, 0.15) is 24.0 Å². The van der Waals surface area contributed by atoms with Gasteiger partial charge in [-0.3, -0.25) is 4.79 Å². The molecule has 3 N–H and O–H groups in total. The van der Waals surface area contributed by atoms with E-state index in [4.69, 9.17) is 15.2 Å². The molecule has 3 rings (SSSR count). The van der Waals surface area contributed by atoms with Crippen LogP contribution in [-0.2, 0) is 22.7 Å². The molecule has 0 aliphatic carbocycles. The average molecular weight is 377 g/mol. The molecular formula is C20H25ClN2O3. The number of hydrogen-bond acceptors (Lipinski definition) is 4. The maximum Gasteiger partial charge on any atom is 0.240 e. The highest BCUT2D eigenvalue weighted by Gasteiger charge is 2.35. The number of carbonyl (C=O) groups is 1. The Hall–Kier alpha value is -2.08. The van der Waals surface area contributed by atoms with Crippen molar-refractivity contribution in [2.24, 2.45) is 5.73 Å². The Labute approximate surface area is 160 Å². The van der Waals surface area contributed by atoms with E-state index in [1.807, 2.05) is 54.6 Å². The molecule has 1 amide bonds. The third-order valence-electron chi connectivity index (χ3n) is 4.46. The van der Waals surface area contributed by atoms with Gasteiger partial charge in [-0.15, -0.1) is 12.4 Å². The minimum absolute atomic E-state index is 0. The summed E-state index contributed by atoms with van der Waals surface area (Å²) >= 11 is 0. The van der Waals surface area contributed by atoms with Crippen molar-refractivity contribution in [1.82, 2.24) is 5.32 Å². The average Bonchev–Trinajstić information content (AvgIpc) is 2.66. The molecule has 1 fully saturated rings. The molecule has 140 valence electrons. The van der Waals surface area contributed by atoms with Gasteiger partial charge in [0.25, 0.3) is 0 Å². The molecule has 0 spiro atoms. The van der Waals surface area contributed by atoms with Gasteiger partial charge in [0.2, 0.25) is 5.91 Å². The zero-order valence-corrected chi connectivity index (χ0v) is 15.5. The molecule has 0 aromatic heterocycles. The maximum absolute atomic E-state index is 12.3. The van der Waals surface area contributed by atoms with Crippen LogP contribution in [0.2, 0.25) is 0 Å². The number of amides is 1. The number of nitrogens with one attached hydrogen (secondary N) is 1. The molecule has 5 nitrogen and oxygen atoms in total. The molecule has 2 aromatic carbocycles. The second-order valence-electron chi connectivity index (χ2n) is 6.37. The van der Waals surface area contributed by atoms with Gasteiger partial charge in [-0.25, -0.2) is 0 Å². The third-order valence-corrected chi connectivity index (χ3v) is 4.46. The number of hydrogen-bond donors (Lipinski definition) is 2. The summed E-state index contributed by atoms with van der Waals surface area (Å²) in [6, 6.07) is 17.8. The van der Waals surface area contributed by atoms with Crippen LogP contribution in [0.4, 0.5) is 0 Å². The van der Waals surface area contributed by atoms with Crippen LogP contribution in [0.3, 0.4) is 0 Å². The summed E-state index contributed by atoms with van der Waals surface area (Å²) in [7, 11) is 0. The highest BCUT2D eigenvalue weighted by atomic mass is 35.5. The van der Waals surface area contributed by atoms with E-state index < -0.39 is 5.54 Å². The third kappa shape index (κ3) is 5.46. The molecule has 26 heavy (non-hydrogen) atoms. The van der Waals surface area contributed by atoms with Crippen molar-refractivity contribution < 1.29 is 14.3 Å². The summed E-state index contributed by atoms with van der Waals surface area (Å²) in [5, 5.41) is 2.93. The summed E-state index contributed by atoms with van der Waals surface area (Å²) in [6.45, 7) is 2.07. The van der Waals surface area contributed by atoms with Crippen LogP contribution < -0.4 is 15.8 Å². The maximum atomic E-state index is 12.3. The van der Waals surface area contributed by atoms with Gasteiger partial charge in [0.15, 0.2) is 0 Å². The zero-order chi connectivity index (χ0) is 17.5. The van der Waals surface area contributed by atoms with Crippen molar-refractivity contribution in [1.29, 1.82) is 0 Å². The van der Waals surface area contributed by atoms with E-state index >= 15 is 0 Å². The number of nitrogens with two attached hydrogens (primary N) is 1. The number of halogens is 1. The lowest BCUT2D eigenvalue weighted by atomic mass is 9.90. The van der Waals surface area contributed by atoms with Crippen LogP contribution in [0.5, 0.6) is 5.75 Å². The smallest absolute Gasteiger partial charge is 0.240 e. The van der Waals surface area contributed by atoms with Crippen LogP contribution in [0, 0.1) is 0 Å². The van der Waals surface area contributed by atoms with Crippen LogP contribution in [0.25, 0.3) is 0 Å². The zero-order valence-electron chi connectivity index (χ0n) is 14.6. The van der Waals surface area contributed by atoms with E-state index in [-0.39, 0.29) is 18.3 Å². The molecule has 6 heteroatoms. The molecule has 0 bridgehead atoms. The summed E-state index contributed by atoms with van der Waals surface area (Å²) in [5.74, 6) is 0.693. The molecular weight excluding hydrogens is 352 g/mol. The largest absolute Gasteiger partial charge is 0.489 e. The molecule has 1 heterocycles. The molecule has 2 aromatic rings. The Kier molecular flexibility index (Phi) is 7.45. The second-order valence-corrected chi connectivity index (χ2v) is 6.37. The van der Waals surface area contributed by atoms with Gasteiger partial charge >= 0.3 is 0 Å². The predicted octanol–water partition coefficient (Wildman–Crippen LogP) is 2.81. The van der Waals surface area contributed by atoms with Crippen molar-refractivity contribution >= 4 is 18.3 Å². The highest BCUT2D eigenvalue weighted by molar-refractivity contribution is 5.86. The Morgan fingerprint density at radius 2 is 1.69 bits per heavy atom. The van der Waals surface area contributed by atoms with Gasteiger partial charge in [0, 0.05) is 19.8 Å². The van der Waals surface area contributed by atoms with E-state index in [1.165, 1.54) is 0 Å². The first-order valence-corrected chi connectivity index (χ1v) is 8.56. The van der Waals surface area contributed by atoms with E-state index in [1.54, 1.807) is 0 Å². The Morgan fingerprint density at radius 3 is 2.35 bits per heavy atom. The highest BCUT2D eigenvalue weighted by Crippen LogP contribution is 2.18. The summed E-state index contributed by atoms with van der Waals surface area (Å²) in [6.07, 6.45) is 1.12. The minimum Gasteiger partial charge on any atom is -0.489 e. The van der Waals surface area contributed by atoms with E-state index in [2.05, 4.69) is 5.32 Å². The summed E-state index contributed by atoms with van der Waals surface area (Å²) < 4.78 is 11.0. The molecule has 0 saturated carbocycles. The first kappa shape index (κ1) is 20.2. The molecule has 1 saturated heterocycles. The van der Waals surface area contributed by atoms with Crippen LogP contribution in [-0.4, -0.2) is 24.7 Å². The minimum atomic E-state index is -0.809. The molecule has 0 radical (unpaired) electrons. The second kappa shape index (κ2) is 9.57. The lowest BCUT2D eigenvalue weighted by Gasteiger charge is -2.31. The molecule has 0 atom stereocenters. The normalized spacial score (nSPS) is 15.6. The van der Waals surface area contributed by atoms with Crippen molar-refractivity contribution in [2.75, 3.05) is 13.2 Å². The Morgan fingerprint density at radius 1 is 1.04 bits per heavy atom. The number of benzene rings is 2. The first-order chi connectivity index (χ1) is 12.2. The SMILES string of the molecule is Cl.NC1(C(=O)NCc2ccc(OCc3ccccc3)cc2)CCOCC1. The fourth-order valence-electron chi connectivity index (χ4n) is 2.77. The van der Waals surface area contributed by atoms with Gasteiger partial charge in [-0.1, -0.05) is 42.5 Å². The quantitative estimate of drug-likeness (QED) is 0.813. The lowest BCUT2D eigenvalue weighted by molar-refractivity contribution is -0.129. The van der Waals surface area contributed by atoms with Gasteiger partial charge < -0.3 is 20.5 Å². The van der Waals surface area contributed by atoms with Gasteiger partial charge in [0.1, 0.15) is 12.4 Å². The van der Waals surface area contributed by atoms with E-state index in [0.717, 1.165) is 16.9 Å². The fourth-order valence-corrected chi connectivity index (χ4v) is 2.77. The van der Waals surface area contributed by atoms with E-state index in [0.29, 0.717) is 39.2 Å². The number of ether oxygens (including phenoxy) is 2. The molecule has 1 aliphatic heterocycles. The Balaban J connectivity index is 0.00000243. The van der Waals surface area contributed by atoms with Crippen molar-refractivity contribution in [3.05, 3.63) is 65.7 Å². The van der Waals surface area contributed by atoms with Crippen molar-refractivity contribution in [3.63, 3.8) is 0 Å². The van der Waals surface area contributed by atoms with Gasteiger partial charge in [0.05, 0.1) is 5.54 Å². The van der Waals surface area contributed by atoms with Gasteiger partial charge in [-0.05, 0) is 36.1 Å². The van der Waals surface area contributed by atoms with Gasteiger partial charge in [-0.2, -0.15) is 0 Å². The fraction of sp³-hybridized carbons (Fsp3) is 0.350. The van der Waals surface area contributed by atoms with Crippen LogP contribution in [0.15, 0.2) is 54.6 Å². The molecule has 0 unspecified atom stereocenters. The number of rotatable bonds is 6. The standard InChI is InChI=1S/C20H24N2O3.ClH/c21-20(10-12-24-13-11-20)19(23)22-14-16-6-8-18(9-7-16)25-15-17-4-2-1-3-5-17;/h1-9H,10-15,21H2,(H,22,23);1H. The first-order valence-electron chi connectivity index (χ1n) is 8.56. The number of carbonyl (C=O) groups excluding carboxylic acids is 1. The van der Waals surface area contributed by atoms with E-state index in [9.17, 15) is 4.79 Å². The Bertz CT molecular complexity index is 686. The predicted molar refractivity (Wildman–Crippen MR) is 103 cm³/mol. The molecule has 1 aliphatic rings. The van der Waals surface area contributed by atoms with Crippen molar-refractivity contribution in [2.45, 2.75) is 31.5 Å². The summed E-state index contributed by atoms with van der Waals surface area (Å²) in [5.41, 5.74) is 7.50. The van der Waals surface area contributed by atoms with Crippen molar-refractivity contribution in [3.8, 4) is 5.75 Å². The summed E-state index contributed by atoms with van der Waals surface area (Å²) in [4.78, 5) is 12.3. The lowest BCUT2D eigenvalue weighted by Crippen LogP contribution is -2.56. The monoisotopic (exact) mass is 376 g/mol. The topological polar surface area (TPSA) is 73.6 Å².